The van der Waals surface area contributed by atoms with Gasteiger partial charge in [-0.25, -0.2) is 0 Å². The molecule has 4 heteroatoms. The fourth-order valence-corrected chi connectivity index (χ4v) is 3.09. The van der Waals surface area contributed by atoms with Gasteiger partial charge in [-0.05, 0) is 36.3 Å². The fourth-order valence-electron chi connectivity index (χ4n) is 3.09. The van der Waals surface area contributed by atoms with Crippen LogP contribution in [0.1, 0.15) is 24.6 Å². The summed E-state index contributed by atoms with van der Waals surface area (Å²) < 4.78 is 2.25. The van der Waals surface area contributed by atoms with E-state index in [9.17, 15) is 0 Å². The monoisotopic (exact) mass is 473 g/mol. The zero-order valence-electron chi connectivity index (χ0n) is 16.5. The largest absolute Gasteiger partial charge is 1.00 e. The molecule has 0 fully saturated rings. The van der Waals surface area contributed by atoms with Crippen molar-refractivity contribution in [1.82, 2.24) is 0 Å². The summed E-state index contributed by atoms with van der Waals surface area (Å²) in [6.07, 6.45) is 5.47. The molecule has 3 aromatic rings. The van der Waals surface area contributed by atoms with Crippen molar-refractivity contribution in [3.8, 4) is 0 Å². The third kappa shape index (κ3) is 5.01. The first-order valence-electron chi connectivity index (χ1n) is 9.21. The Morgan fingerprint density at radius 3 is 2.37 bits per heavy atom. The van der Waals surface area contributed by atoms with E-state index in [0.29, 0.717) is 0 Å². The second-order valence-electron chi connectivity index (χ2n) is 6.81. The molecule has 0 atom stereocenters. The van der Waals surface area contributed by atoms with E-state index in [0.717, 1.165) is 13.0 Å². The van der Waals surface area contributed by atoms with Gasteiger partial charge in [0.25, 0.3) is 0 Å². The van der Waals surface area contributed by atoms with Crippen molar-refractivity contribution in [2.45, 2.75) is 13.3 Å². The molecule has 0 aliphatic carbocycles. The van der Waals surface area contributed by atoms with Crippen LogP contribution in [0.4, 0.5) is 11.4 Å². The highest BCUT2D eigenvalue weighted by Gasteiger charge is 2.13. The lowest BCUT2D eigenvalue weighted by Gasteiger charge is -2.11. The summed E-state index contributed by atoms with van der Waals surface area (Å²) in [6, 6.07) is 19.4. The summed E-state index contributed by atoms with van der Waals surface area (Å²) in [5.74, 6) is 0. The number of nitrogens with one attached hydrogen (secondary N) is 1. The van der Waals surface area contributed by atoms with Crippen molar-refractivity contribution in [3.05, 3.63) is 65.9 Å². The number of rotatable bonds is 6. The van der Waals surface area contributed by atoms with E-state index in [-0.39, 0.29) is 24.0 Å². The minimum absolute atomic E-state index is 0. The standard InChI is InChI=1S/C23H27N3.HI/c1-5-16-24-22-17-20(26(4)23-9-7-6-8-21(22)23)15-12-18-10-13-19(14-11-18)25(2)3;/h6-15,17H,5,16H2,1-4H3;1H/b15-12+;. The number of hydrogen-bond donors (Lipinski definition) is 1. The Bertz CT molecular complexity index is 915. The van der Waals surface area contributed by atoms with Crippen LogP contribution in [-0.2, 0) is 7.05 Å². The number of pyridine rings is 1. The van der Waals surface area contributed by atoms with Gasteiger partial charge in [-0.3, -0.25) is 0 Å². The molecule has 0 aliphatic rings. The third-order valence-electron chi connectivity index (χ3n) is 4.66. The highest BCUT2D eigenvalue weighted by Crippen LogP contribution is 2.23. The molecule has 142 valence electrons. The minimum Gasteiger partial charge on any atom is -1.00 e. The van der Waals surface area contributed by atoms with Gasteiger partial charge in [0.2, 0.25) is 11.2 Å². The molecule has 0 amide bonds. The van der Waals surface area contributed by atoms with E-state index in [2.05, 4.69) is 110 Å². The number of aromatic nitrogens is 1. The quantitative estimate of drug-likeness (QED) is 0.435. The lowest BCUT2D eigenvalue weighted by molar-refractivity contribution is -0.646. The van der Waals surface area contributed by atoms with Crippen molar-refractivity contribution in [2.24, 2.45) is 7.05 Å². The zero-order chi connectivity index (χ0) is 18.5. The molecule has 0 saturated carbocycles. The van der Waals surface area contributed by atoms with Gasteiger partial charge in [0, 0.05) is 44.5 Å². The first-order valence-corrected chi connectivity index (χ1v) is 9.21. The fraction of sp³-hybridized carbons (Fsp3) is 0.261. The topological polar surface area (TPSA) is 19.1 Å². The maximum absolute atomic E-state index is 3.57. The summed E-state index contributed by atoms with van der Waals surface area (Å²) in [6.45, 7) is 3.17. The molecule has 0 radical (unpaired) electrons. The van der Waals surface area contributed by atoms with Crippen LogP contribution in [0, 0.1) is 0 Å². The summed E-state index contributed by atoms with van der Waals surface area (Å²) in [4.78, 5) is 2.11. The van der Waals surface area contributed by atoms with Gasteiger partial charge >= 0.3 is 0 Å². The van der Waals surface area contributed by atoms with Gasteiger partial charge in [-0.2, -0.15) is 4.57 Å². The normalized spacial score (nSPS) is 10.8. The van der Waals surface area contributed by atoms with Gasteiger partial charge in [-0.1, -0.05) is 31.2 Å². The van der Waals surface area contributed by atoms with Crippen LogP contribution >= 0.6 is 0 Å². The second-order valence-corrected chi connectivity index (χ2v) is 6.81. The number of halogens is 1. The molecule has 0 aliphatic heterocycles. The van der Waals surface area contributed by atoms with Crippen molar-refractivity contribution < 1.29 is 28.5 Å². The van der Waals surface area contributed by atoms with Crippen LogP contribution in [0.5, 0.6) is 0 Å². The van der Waals surface area contributed by atoms with Gasteiger partial charge in [-0.15, -0.1) is 0 Å². The Hall–Kier alpha value is -2.08. The van der Waals surface area contributed by atoms with Crippen LogP contribution in [0.15, 0.2) is 54.6 Å². The average Bonchev–Trinajstić information content (AvgIpc) is 2.67. The predicted octanol–water partition coefficient (Wildman–Crippen LogP) is 1.73. The molecule has 0 spiro atoms. The molecule has 0 saturated heterocycles. The highest BCUT2D eigenvalue weighted by molar-refractivity contribution is 5.90. The van der Waals surface area contributed by atoms with E-state index in [1.807, 2.05) is 0 Å². The Morgan fingerprint density at radius 1 is 1.00 bits per heavy atom. The summed E-state index contributed by atoms with van der Waals surface area (Å²) in [5.41, 5.74) is 6.02. The molecule has 0 unspecified atom stereocenters. The zero-order valence-corrected chi connectivity index (χ0v) is 18.7. The molecule has 1 aromatic heterocycles. The lowest BCUT2D eigenvalue weighted by Crippen LogP contribution is -3.00. The van der Waals surface area contributed by atoms with Crippen LogP contribution < -0.4 is 38.8 Å². The van der Waals surface area contributed by atoms with E-state index in [4.69, 9.17) is 0 Å². The molecule has 1 N–H and O–H groups in total. The van der Waals surface area contributed by atoms with Crippen LogP contribution in [-0.4, -0.2) is 20.6 Å². The molecular weight excluding hydrogens is 445 g/mol. The number of hydrogen-bond acceptors (Lipinski definition) is 2. The smallest absolute Gasteiger partial charge is 0.214 e. The van der Waals surface area contributed by atoms with Gasteiger partial charge in [0.1, 0.15) is 7.05 Å². The summed E-state index contributed by atoms with van der Waals surface area (Å²) >= 11 is 0. The molecule has 3 rings (SSSR count). The molecule has 2 aromatic carbocycles. The predicted molar refractivity (Wildman–Crippen MR) is 114 cm³/mol. The lowest BCUT2D eigenvalue weighted by atomic mass is 10.1. The van der Waals surface area contributed by atoms with Crippen molar-refractivity contribution in [2.75, 3.05) is 30.9 Å². The van der Waals surface area contributed by atoms with Crippen molar-refractivity contribution >= 4 is 34.4 Å². The third-order valence-corrected chi connectivity index (χ3v) is 4.66. The maximum Gasteiger partial charge on any atom is 0.214 e. The number of nitrogens with zero attached hydrogens (tertiary/aromatic N) is 2. The minimum atomic E-state index is 0. The SMILES string of the molecule is CCCNc1cc(/C=C/c2ccc(N(C)C)cc2)[n+](C)c2ccccc12.[I-]. The molecular formula is C23H28IN3. The number of anilines is 2. The molecule has 27 heavy (non-hydrogen) atoms. The van der Waals surface area contributed by atoms with Crippen molar-refractivity contribution in [1.29, 1.82) is 0 Å². The number of aryl methyl sites for hydroxylation is 1. The van der Waals surface area contributed by atoms with Crippen LogP contribution in [0.25, 0.3) is 23.1 Å². The second kappa shape index (κ2) is 9.74. The highest BCUT2D eigenvalue weighted by atomic mass is 127. The van der Waals surface area contributed by atoms with Crippen molar-refractivity contribution in [3.63, 3.8) is 0 Å². The maximum atomic E-state index is 3.57. The van der Waals surface area contributed by atoms with Crippen LogP contribution in [0.2, 0.25) is 0 Å². The van der Waals surface area contributed by atoms with Gasteiger partial charge in [0.05, 0.1) is 11.1 Å². The van der Waals surface area contributed by atoms with E-state index < -0.39 is 0 Å². The Morgan fingerprint density at radius 2 is 1.70 bits per heavy atom. The summed E-state index contributed by atoms with van der Waals surface area (Å²) in [5, 5.41) is 4.83. The summed E-state index contributed by atoms with van der Waals surface area (Å²) in [7, 11) is 6.25. The first-order chi connectivity index (χ1) is 12.6. The van der Waals surface area contributed by atoms with E-state index in [1.54, 1.807) is 0 Å². The Kier molecular flexibility index (Phi) is 7.66. The number of para-hydroxylation sites is 1. The first kappa shape index (κ1) is 21.2. The van der Waals surface area contributed by atoms with E-state index >= 15 is 0 Å². The average molecular weight is 473 g/mol. The van der Waals surface area contributed by atoms with Crippen LogP contribution in [0.3, 0.4) is 0 Å². The van der Waals surface area contributed by atoms with E-state index in [1.165, 1.54) is 33.5 Å². The van der Waals surface area contributed by atoms with Gasteiger partial charge < -0.3 is 34.2 Å². The number of fused-ring (bicyclic) bond motifs is 1. The van der Waals surface area contributed by atoms with Gasteiger partial charge in [0.15, 0.2) is 0 Å². The number of benzene rings is 2. The molecule has 0 bridgehead atoms. The molecule has 3 nitrogen and oxygen atoms in total. The Balaban J connectivity index is 0.00000261. The molecule has 1 heterocycles. The Labute approximate surface area is 179 Å².